The van der Waals surface area contributed by atoms with Crippen LogP contribution in [0.1, 0.15) is 21.1 Å². The molecule has 0 unspecified atom stereocenters. The van der Waals surface area contributed by atoms with Crippen LogP contribution in [-0.2, 0) is 6.42 Å². The number of thiazole rings is 1. The monoisotopic (exact) mass is 233 g/mol. The standard InChI is InChI=1S/C11H11N3OS/c1-7-14-8(6-16-7)4-11(15)9-5-13-3-2-10(9)12/h2-3,5-6H,4H2,1H3,(H2,12,13). The molecule has 2 rings (SSSR count). The molecular formula is C11H11N3OS. The van der Waals surface area contributed by atoms with Crippen molar-refractivity contribution in [1.29, 1.82) is 0 Å². The van der Waals surface area contributed by atoms with E-state index in [1.54, 1.807) is 12.3 Å². The number of hydrogen-bond donors (Lipinski definition) is 1. The first-order valence-electron chi connectivity index (χ1n) is 4.80. The lowest BCUT2D eigenvalue weighted by Crippen LogP contribution is -2.07. The maximum absolute atomic E-state index is 11.9. The molecular weight excluding hydrogens is 222 g/mol. The minimum Gasteiger partial charge on any atom is -0.398 e. The molecule has 16 heavy (non-hydrogen) atoms. The number of rotatable bonds is 3. The van der Waals surface area contributed by atoms with E-state index < -0.39 is 0 Å². The van der Waals surface area contributed by atoms with Crippen molar-refractivity contribution in [2.45, 2.75) is 13.3 Å². The molecule has 0 radical (unpaired) electrons. The maximum atomic E-state index is 11.9. The van der Waals surface area contributed by atoms with Gasteiger partial charge in [-0.05, 0) is 13.0 Å². The highest BCUT2D eigenvalue weighted by Crippen LogP contribution is 2.14. The Bertz CT molecular complexity index is 521. The van der Waals surface area contributed by atoms with E-state index in [1.165, 1.54) is 17.5 Å². The zero-order valence-corrected chi connectivity index (χ0v) is 9.62. The normalized spacial score (nSPS) is 10.3. The highest BCUT2D eigenvalue weighted by molar-refractivity contribution is 7.09. The number of nitrogen functional groups attached to an aromatic ring is 1. The third-order valence-corrected chi connectivity index (χ3v) is 2.99. The molecule has 2 N–H and O–H groups in total. The van der Waals surface area contributed by atoms with Crippen LogP contribution in [-0.4, -0.2) is 15.8 Å². The summed E-state index contributed by atoms with van der Waals surface area (Å²) in [6.45, 7) is 1.91. The van der Waals surface area contributed by atoms with E-state index in [2.05, 4.69) is 9.97 Å². The molecule has 4 nitrogen and oxygen atoms in total. The highest BCUT2D eigenvalue weighted by atomic mass is 32.1. The molecule has 0 bridgehead atoms. The van der Waals surface area contributed by atoms with Crippen molar-refractivity contribution < 1.29 is 4.79 Å². The first-order chi connectivity index (χ1) is 7.66. The summed E-state index contributed by atoms with van der Waals surface area (Å²) in [6.07, 6.45) is 3.34. The number of anilines is 1. The first kappa shape index (κ1) is 10.8. The van der Waals surface area contributed by atoms with Gasteiger partial charge in [-0.25, -0.2) is 4.98 Å². The summed E-state index contributed by atoms with van der Waals surface area (Å²) in [5.74, 6) is -0.0455. The van der Waals surface area contributed by atoms with Crippen LogP contribution in [0.4, 0.5) is 5.69 Å². The van der Waals surface area contributed by atoms with E-state index >= 15 is 0 Å². The van der Waals surface area contributed by atoms with E-state index in [0.29, 0.717) is 11.3 Å². The molecule has 0 aromatic carbocycles. The third kappa shape index (κ3) is 2.25. The Morgan fingerprint density at radius 1 is 1.56 bits per heavy atom. The molecule has 0 spiro atoms. The van der Waals surface area contributed by atoms with E-state index in [1.807, 2.05) is 12.3 Å². The topological polar surface area (TPSA) is 68.9 Å². The number of aryl methyl sites for hydroxylation is 1. The Morgan fingerprint density at radius 3 is 3.00 bits per heavy atom. The van der Waals surface area contributed by atoms with Crippen LogP contribution in [0.25, 0.3) is 0 Å². The lowest BCUT2D eigenvalue weighted by atomic mass is 10.1. The minimum atomic E-state index is -0.0455. The Hall–Kier alpha value is -1.75. The number of Topliss-reactive ketones (excluding diaryl/α,β-unsaturated/α-hetero) is 1. The summed E-state index contributed by atoms with van der Waals surface area (Å²) in [7, 11) is 0. The van der Waals surface area contributed by atoms with E-state index in [4.69, 9.17) is 5.73 Å². The van der Waals surface area contributed by atoms with E-state index in [0.717, 1.165) is 10.7 Å². The molecule has 0 amide bonds. The number of pyridine rings is 1. The third-order valence-electron chi connectivity index (χ3n) is 2.16. The lowest BCUT2D eigenvalue weighted by Gasteiger charge is -2.01. The predicted octanol–water partition coefficient (Wildman–Crippen LogP) is 1.85. The summed E-state index contributed by atoms with van der Waals surface area (Å²) >= 11 is 1.54. The number of nitrogens with zero attached hydrogens (tertiary/aromatic N) is 2. The second-order valence-electron chi connectivity index (χ2n) is 3.42. The van der Waals surface area contributed by atoms with Crippen molar-refractivity contribution in [3.05, 3.63) is 40.1 Å². The molecule has 2 aromatic heterocycles. The molecule has 0 saturated carbocycles. The summed E-state index contributed by atoms with van der Waals surface area (Å²) in [4.78, 5) is 20.0. The molecule has 5 heteroatoms. The first-order valence-corrected chi connectivity index (χ1v) is 5.68. The zero-order chi connectivity index (χ0) is 11.5. The largest absolute Gasteiger partial charge is 0.398 e. The molecule has 0 aliphatic rings. The van der Waals surface area contributed by atoms with Gasteiger partial charge < -0.3 is 5.73 Å². The van der Waals surface area contributed by atoms with E-state index in [-0.39, 0.29) is 12.2 Å². The Labute approximate surface area is 97.2 Å². The van der Waals surface area contributed by atoms with Gasteiger partial charge in [0.1, 0.15) is 0 Å². The van der Waals surface area contributed by atoms with Gasteiger partial charge in [0.25, 0.3) is 0 Å². The fourth-order valence-corrected chi connectivity index (χ4v) is 2.00. The van der Waals surface area contributed by atoms with Gasteiger partial charge in [0.2, 0.25) is 0 Å². The quantitative estimate of drug-likeness (QED) is 0.821. The van der Waals surface area contributed by atoms with Crippen LogP contribution in [0.3, 0.4) is 0 Å². The number of ketones is 1. The number of hydrogen-bond acceptors (Lipinski definition) is 5. The number of carbonyl (C=O) groups excluding carboxylic acids is 1. The fourth-order valence-electron chi connectivity index (χ4n) is 1.39. The van der Waals surface area contributed by atoms with Gasteiger partial charge in [-0.2, -0.15) is 0 Å². The SMILES string of the molecule is Cc1nc(CC(=O)c2cnccc2N)cs1. The van der Waals surface area contributed by atoms with Gasteiger partial charge in [-0.15, -0.1) is 11.3 Å². The molecule has 0 atom stereocenters. The van der Waals surface area contributed by atoms with Gasteiger partial charge in [-0.3, -0.25) is 9.78 Å². The smallest absolute Gasteiger partial charge is 0.172 e. The van der Waals surface area contributed by atoms with Gasteiger partial charge >= 0.3 is 0 Å². The van der Waals surface area contributed by atoms with Crippen LogP contribution in [0.2, 0.25) is 0 Å². The van der Waals surface area contributed by atoms with Crippen molar-refractivity contribution in [2.24, 2.45) is 0 Å². The minimum absolute atomic E-state index is 0.0455. The Balaban J connectivity index is 2.18. The van der Waals surface area contributed by atoms with Crippen LogP contribution in [0, 0.1) is 6.92 Å². The van der Waals surface area contributed by atoms with Gasteiger partial charge in [0.15, 0.2) is 5.78 Å². The summed E-state index contributed by atoms with van der Waals surface area (Å²) in [5, 5.41) is 2.85. The lowest BCUT2D eigenvalue weighted by molar-refractivity contribution is 0.0992. The molecule has 0 aliphatic heterocycles. The van der Waals surface area contributed by atoms with Crippen LogP contribution < -0.4 is 5.73 Å². The number of aromatic nitrogens is 2. The predicted molar refractivity (Wildman–Crippen MR) is 63.5 cm³/mol. The molecule has 2 heterocycles. The van der Waals surface area contributed by atoms with Crippen LogP contribution in [0.5, 0.6) is 0 Å². The molecule has 0 aliphatic carbocycles. The second-order valence-corrected chi connectivity index (χ2v) is 4.48. The highest BCUT2D eigenvalue weighted by Gasteiger charge is 2.12. The number of carbonyl (C=O) groups is 1. The van der Waals surface area contributed by atoms with Crippen molar-refractivity contribution in [3.63, 3.8) is 0 Å². The van der Waals surface area contributed by atoms with Crippen molar-refractivity contribution >= 4 is 22.8 Å². The van der Waals surface area contributed by atoms with Crippen molar-refractivity contribution in [2.75, 3.05) is 5.73 Å². The fraction of sp³-hybridized carbons (Fsp3) is 0.182. The number of nitrogens with two attached hydrogens (primary N) is 1. The summed E-state index contributed by atoms with van der Waals surface area (Å²) < 4.78 is 0. The maximum Gasteiger partial charge on any atom is 0.172 e. The summed E-state index contributed by atoms with van der Waals surface area (Å²) in [5.41, 5.74) is 7.42. The van der Waals surface area contributed by atoms with Crippen molar-refractivity contribution in [1.82, 2.24) is 9.97 Å². The molecule has 2 aromatic rings. The molecule has 0 saturated heterocycles. The van der Waals surface area contributed by atoms with E-state index in [9.17, 15) is 4.79 Å². The molecule has 82 valence electrons. The summed E-state index contributed by atoms with van der Waals surface area (Å²) in [6, 6.07) is 1.62. The zero-order valence-electron chi connectivity index (χ0n) is 8.80. The van der Waals surface area contributed by atoms with Crippen molar-refractivity contribution in [3.8, 4) is 0 Å². The second kappa shape index (κ2) is 4.40. The Morgan fingerprint density at radius 2 is 2.38 bits per heavy atom. The van der Waals surface area contributed by atoms with Crippen LogP contribution >= 0.6 is 11.3 Å². The van der Waals surface area contributed by atoms with Gasteiger partial charge in [-0.1, -0.05) is 0 Å². The average molecular weight is 233 g/mol. The van der Waals surface area contributed by atoms with Gasteiger partial charge in [0, 0.05) is 23.5 Å². The average Bonchev–Trinajstić information content (AvgIpc) is 2.64. The van der Waals surface area contributed by atoms with Gasteiger partial charge in [0.05, 0.1) is 22.7 Å². The molecule has 0 fully saturated rings. The Kier molecular flexibility index (Phi) is 2.96. The van der Waals surface area contributed by atoms with Crippen LogP contribution in [0.15, 0.2) is 23.8 Å².